The van der Waals surface area contributed by atoms with E-state index in [-0.39, 0.29) is 5.92 Å². The minimum atomic E-state index is 0.236. The van der Waals surface area contributed by atoms with Gasteiger partial charge in [-0.05, 0) is 25.8 Å². The fourth-order valence-electron chi connectivity index (χ4n) is 2.81. The molecule has 2 nitrogen and oxygen atoms in total. The summed E-state index contributed by atoms with van der Waals surface area (Å²) < 4.78 is 0. The van der Waals surface area contributed by atoms with E-state index in [0.29, 0.717) is 11.8 Å². The molecule has 0 radical (unpaired) electrons. The van der Waals surface area contributed by atoms with Gasteiger partial charge in [-0.2, -0.15) is 0 Å². The first-order valence-corrected chi connectivity index (χ1v) is 7.79. The SMILES string of the molecule is CC(C)CCCCCCN1CCC(=O)C(C)C1C. The Labute approximate surface area is 113 Å². The lowest BCUT2D eigenvalue weighted by Crippen LogP contribution is -2.47. The largest absolute Gasteiger partial charge is 0.300 e. The molecule has 0 aliphatic carbocycles. The first kappa shape index (κ1) is 15.7. The number of carbonyl (C=O) groups excluding carboxylic acids is 1. The second kappa shape index (κ2) is 7.93. The van der Waals surface area contributed by atoms with Crippen LogP contribution in [0.4, 0.5) is 0 Å². The number of Topliss-reactive ketones (excluding diaryl/α,β-unsaturated/α-hetero) is 1. The summed E-state index contributed by atoms with van der Waals surface area (Å²) in [6.45, 7) is 11.1. The maximum Gasteiger partial charge on any atom is 0.138 e. The van der Waals surface area contributed by atoms with Gasteiger partial charge in [-0.25, -0.2) is 0 Å². The second-order valence-corrected chi connectivity index (χ2v) is 6.38. The van der Waals surface area contributed by atoms with Crippen LogP contribution < -0.4 is 0 Å². The summed E-state index contributed by atoms with van der Waals surface area (Å²) in [5.41, 5.74) is 0. The van der Waals surface area contributed by atoms with Crippen molar-refractivity contribution in [1.29, 1.82) is 0 Å². The Kier molecular flexibility index (Phi) is 6.91. The van der Waals surface area contributed by atoms with Gasteiger partial charge >= 0.3 is 0 Å². The van der Waals surface area contributed by atoms with Crippen LogP contribution in [-0.4, -0.2) is 29.8 Å². The molecule has 0 bridgehead atoms. The van der Waals surface area contributed by atoms with Crippen LogP contribution in [0.3, 0.4) is 0 Å². The first-order valence-electron chi connectivity index (χ1n) is 7.79. The van der Waals surface area contributed by atoms with Gasteiger partial charge < -0.3 is 0 Å². The van der Waals surface area contributed by atoms with Crippen molar-refractivity contribution in [1.82, 2.24) is 4.90 Å². The van der Waals surface area contributed by atoms with E-state index in [9.17, 15) is 4.79 Å². The molecule has 0 aromatic rings. The topological polar surface area (TPSA) is 20.3 Å². The minimum Gasteiger partial charge on any atom is -0.300 e. The summed E-state index contributed by atoms with van der Waals surface area (Å²) in [5.74, 6) is 1.54. The maximum absolute atomic E-state index is 11.6. The van der Waals surface area contributed by atoms with E-state index in [1.807, 2.05) is 0 Å². The fourth-order valence-corrected chi connectivity index (χ4v) is 2.81. The molecule has 2 atom stereocenters. The summed E-state index contributed by atoms with van der Waals surface area (Å²) in [6.07, 6.45) is 7.52. The zero-order valence-electron chi connectivity index (χ0n) is 12.7. The van der Waals surface area contributed by atoms with Crippen molar-refractivity contribution in [2.75, 3.05) is 13.1 Å². The Morgan fingerprint density at radius 1 is 1.17 bits per heavy atom. The first-order chi connectivity index (χ1) is 8.52. The van der Waals surface area contributed by atoms with E-state index in [1.165, 1.54) is 38.6 Å². The highest BCUT2D eigenvalue weighted by atomic mass is 16.1. The van der Waals surface area contributed by atoms with Crippen molar-refractivity contribution in [3.63, 3.8) is 0 Å². The molecule has 1 aliphatic rings. The van der Waals surface area contributed by atoms with Crippen molar-refractivity contribution in [3.05, 3.63) is 0 Å². The smallest absolute Gasteiger partial charge is 0.138 e. The number of unbranched alkanes of at least 4 members (excludes halogenated alkanes) is 3. The molecule has 1 heterocycles. The quantitative estimate of drug-likeness (QED) is 0.642. The molecule has 1 saturated heterocycles. The third-order valence-corrected chi connectivity index (χ3v) is 4.43. The number of carbonyl (C=O) groups is 1. The summed E-state index contributed by atoms with van der Waals surface area (Å²) in [5, 5.41) is 0. The van der Waals surface area contributed by atoms with Crippen LogP contribution in [0.2, 0.25) is 0 Å². The summed E-state index contributed by atoms with van der Waals surface area (Å²) in [6, 6.07) is 0.446. The standard InChI is InChI=1S/C16H31NO/c1-13(2)9-7-5-6-8-11-17-12-10-16(18)14(3)15(17)4/h13-15H,5-12H2,1-4H3. The Hall–Kier alpha value is -0.370. The normalized spacial score (nSPS) is 25.9. The molecule has 0 aromatic carbocycles. The molecule has 2 unspecified atom stereocenters. The van der Waals surface area contributed by atoms with Crippen molar-refractivity contribution in [2.45, 2.75) is 72.3 Å². The molecule has 0 spiro atoms. The highest BCUT2D eigenvalue weighted by Gasteiger charge is 2.29. The van der Waals surface area contributed by atoms with Gasteiger partial charge in [-0.1, -0.05) is 46.5 Å². The molecule has 1 rings (SSSR count). The van der Waals surface area contributed by atoms with Crippen LogP contribution in [0.15, 0.2) is 0 Å². The van der Waals surface area contributed by atoms with E-state index in [2.05, 4.69) is 32.6 Å². The number of piperidine rings is 1. The van der Waals surface area contributed by atoms with Gasteiger partial charge in [0.05, 0.1) is 0 Å². The molecule has 1 aliphatic heterocycles. The Bertz CT molecular complexity index is 249. The lowest BCUT2D eigenvalue weighted by Gasteiger charge is -2.36. The van der Waals surface area contributed by atoms with Crippen molar-refractivity contribution in [3.8, 4) is 0 Å². The van der Waals surface area contributed by atoms with Gasteiger partial charge in [0, 0.05) is 24.9 Å². The highest BCUT2D eigenvalue weighted by molar-refractivity contribution is 5.82. The average molecular weight is 253 g/mol. The molecule has 0 aromatic heterocycles. The molecule has 1 fully saturated rings. The third kappa shape index (κ3) is 5.09. The van der Waals surface area contributed by atoms with Crippen LogP contribution in [0, 0.1) is 11.8 Å². The van der Waals surface area contributed by atoms with Crippen molar-refractivity contribution >= 4 is 5.78 Å². The van der Waals surface area contributed by atoms with Gasteiger partial charge in [-0.3, -0.25) is 9.69 Å². The molecule has 106 valence electrons. The van der Waals surface area contributed by atoms with Crippen LogP contribution in [0.5, 0.6) is 0 Å². The van der Waals surface area contributed by atoms with Crippen LogP contribution in [0.1, 0.15) is 66.2 Å². The number of hydrogen-bond donors (Lipinski definition) is 0. The summed E-state index contributed by atoms with van der Waals surface area (Å²) in [7, 11) is 0. The molecular formula is C16H31NO. The lowest BCUT2D eigenvalue weighted by molar-refractivity contribution is -0.127. The summed E-state index contributed by atoms with van der Waals surface area (Å²) >= 11 is 0. The van der Waals surface area contributed by atoms with Crippen molar-refractivity contribution in [2.24, 2.45) is 11.8 Å². The van der Waals surface area contributed by atoms with Crippen LogP contribution in [-0.2, 0) is 4.79 Å². The molecule has 0 saturated carbocycles. The summed E-state index contributed by atoms with van der Waals surface area (Å²) in [4.78, 5) is 14.1. The number of ketones is 1. The van der Waals surface area contributed by atoms with Gasteiger partial charge in [0.15, 0.2) is 0 Å². The molecule has 2 heteroatoms. The van der Waals surface area contributed by atoms with Gasteiger partial charge in [0.2, 0.25) is 0 Å². The van der Waals surface area contributed by atoms with E-state index in [0.717, 1.165) is 18.9 Å². The van der Waals surface area contributed by atoms with E-state index < -0.39 is 0 Å². The molecule has 18 heavy (non-hydrogen) atoms. The molecule has 0 N–H and O–H groups in total. The number of hydrogen-bond acceptors (Lipinski definition) is 2. The van der Waals surface area contributed by atoms with Gasteiger partial charge in [0.1, 0.15) is 5.78 Å². The van der Waals surface area contributed by atoms with Crippen LogP contribution >= 0.6 is 0 Å². The Morgan fingerprint density at radius 3 is 2.50 bits per heavy atom. The zero-order chi connectivity index (χ0) is 13.5. The maximum atomic E-state index is 11.6. The molecule has 0 amide bonds. The number of nitrogens with zero attached hydrogens (tertiary/aromatic N) is 1. The predicted molar refractivity (Wildman–Crippen MR) is 77.7 cm³/mol. The number of likely N-dealkylation sites (tertiary alicyclic amines) is 1. The minimum absolute atomic E-state index is 0.236. The van der Waals surface area contributed by atoms with Crippen molar-refractivity contribution < 1.29 is 4.79 Å². The van der Waals surface area contributed by atoms with Gasteiger partial charge in [-0.15, -0.1) is 0 Å². The Morgan fingerprint density at radius 2 is 1.83 bits per heavy atom. The van der Waals surface area contributed by atoms with E-state index >= 15 is 0 Å². The second-order valence-electron chi connectivity index (χ2n) is 6.38. The Balaban J connectivity index is 2.10. The van der Waals surface area contributed by atoms with E-state index in [1.54, 1.807) is 0 Å². The fraction of sp³-hybridized carbons (Fsp3) is 0.938. The highest BCUT2D eigenvalue weighted by Crippen LogP contribution is 2.20. The van der Waals surface area contributed by atoms with Crippen LogP contribution in [0.25, 0.3) is 0 Å². The van der Waals surface area contributed by atoms with Gasteiger partial charge in [0.25, 0.3) is 0 Å². The number of rotatable bonds is 7. The average Bonchev–Trinajstić information content (AvgIpc) is 2.33. The van der Waals surface area contributed by atoms with E-state index in [4.69, 9.17) is 0 Å². The lowest BCUT2D eigenvalue weighted by atomic mass is 9.90. The predicted octanol–water partition coefficient (Wildman–Crippen LogP) is 3.89. The monoisotopic (exact) mass is 253 g/mol. The zero-order valence-corrected chi connectivity index (χ0v) is 12.7. The third-order valence-electron chi connectivity index (χ3n) is 4.43. The molecular weight excluding hydrogens is 222 g/mol.